The predicted octanol–water partition coefficient (Wildman–Crippen LogP) is 3.23. The lowest BCUT2D eigenvalue weighted by molar-refractivity contribution is 0.210. The fourth-order valence-electron chi connectivity index (χ4n) is 1.92. The van der Waals surface area contributed by atoms with Crippen molar-refractivity contribution in [1.82, 2.24) is 9.78 Å². The largest absolute Gasteiger partial charge is 0.383 e. The predicted molar refractivity (Wildman–Crippen MR) is 82.6 cm³/mol. The summed E-state index contributed by atoms with van der Waals surface area (Å²) in [5.41, 5.74) is 2.15. The molecule has 4 nitrogen and oxygen atoms in total. The van der Waals surface area contributed by atoms with Crippen molar-refractivity contribution < 1.29 is 4.74 Å². The van der Waals surface area contributed by atoms with Gasteiger partial charge < -0.3 is 10.1 Å². The Morgan fingerprint density at radius 1 is 1.20 bits per heavy atom. The molecule has 4 heteroatoms. The third kappa shape index (κ3) is 3.39. The number of aromatic nitrogens is 2. The molecule has 0 radical (unpaired) electrons. The second-order valence-corrected chi connectivity index (χ2v) is 5.83. The molecule has 0 saturated carbocycles. The monoisotopic (exact) mass is 273 g/mol. The second-order valence-electron chi connectivity index (χ2n) is 5.83. The minimum atomic E-state index is 0.0255. The van der Waals surface area contributed by atoms with Gasteiger partial charge >= 0.3 is 0 Å². The smallest absolute Gasteiger partial charge is 0.130 e. The van der Waals surface area contributed by atoms with Gasteiger partial charge in [0.25, 0.3) is 0 Å². The van der Waals surface area contributed by atoms with Gasteiger partial charge in [0.05, 0.1) is 18.0 Å². The Bertz CT molecular complexity index is 541. The lowest BCUT2D eigenvalue weighted by Crippen LogP contribution is -2.13. The van der Waals surface area contributed by atoms with E-state index in [0.29, 0.717) is 6.61 Å². The number of methoxy groups -OCH3 is 1. The molecule has 1 N–H and O–H groups in total. The molecule has 0 spiro atoms. The third-order valence-electron chi connectivity index (χ3n) is 3.09. The molecule has 0 saturated heterocycles. The van der Waals surface area contributed by atoms with Crippen molar-refractivity contribution in [2.45, 2.75) is 26.2 Å². The zero-order valence-electron chi connectivity index (χ0n) is 12.7. The highest BCUT2D eigenvalue weighted by atomic mass is 16.5. The summed E-state index contributed by atoms with van der Waals surface area (Å²) in [6.45, 7) is 7.94. The summed E-state index contributed by atoms with van der Waals surface area (Å²) in [6.07, 6.45) is 0. The fourth-order valence-corrected chi connectivity index (χ4v) is 1.92. The number of rotatable bonds is 5. The zero-order chi connectivity index (χ0) is 14.6. The number of anilines is 1. The average Bonchev–Trinajstić information content (AvgIpc) is 2.84. The molecule has 0 aliphatic heterocycles. The van der Waals surface area contributed by atoms with E-state index in [1.807, 2.05) is 22.9 Å². The van der Waals surface area contributed by atoms with Crippen molar-refractivity contribution in [2.75, 3.05) is 25.6 Å². The molecule has 0 atom stereocenters. The standard InChI is InChI=1S/C16H23N3O/c1-16(2,3)14-12-15(17-10-11-20-4)19(18-14)13-8-6-5-7-9-13/h5-9,12,17H,10-11H2,1-4H3. The van der Waals surface area contributed by atoms with Gasteiger partial charge in [-0.25, -0.2) is 4.68 Å². The van der Waals surface area contributed by atoms with Crippen molar-refractivity contribution in [3.63, 3.8) is 0 Å². The molecule has 0 bridgehead atoms. The maximum atomic E-state index is 5.09. The van der Waals surface area contributed by atoms with Crippen LogP contribution in [0.4, 0.5) is 5.82 Å². The van der Waals surface area contributed by atoms with E-state index in [1.165, 1.54) is 0 Å². The molecular formula is C16H23N3O. The number of hydrogen-bond acceptors (Lipinski definition) is 3. The first-order chi connectivity index (χ1) is 9.52. The number of nitrogens with one attached hydrogen (secondary N) is 1. The Labute approximate surface area is 120 Å². The van der Waals surface area contributed by atoms with Gasteiger partial charge in [-0.05, 0) is 12.1 Å². The molecule has 2 rings (SSSR count). The van der Waals surface area contributed by atoms with Crippen LogP contribution >= 0.6 is 0 Å². The van der Waals surface area contributed by atoms with E-state index in [0.717, 1.165) is 23.7 Å². The Hall–Kier alpha value is -1.81. The number of hydrogen-bond donors (Lipinski definition) is 1. The minimum Gasteiger partial charge on any atom is -0.383 e. The van der Waals surface area contributed by atoms with Crippen molar-refractivity contribution in [3.8, 4) is 5.69 Å². The van der Waals surface area contributed by atoms with Crippen LogP contribution in [-0.4, -0.2) is 30.0 Å². The highest BCUT2D eigenvalue weighted by Crippen LogP contribution is 2.26. The van der Waals surface area contributed by atoms with Crippen LogP contribution in [0.15, 0.2) is 36.4 Å². The van der Waals surface area contributed by atoms with Crippen molar-refractivity contribution >= 4 is 5.82 Å². The number of ether oxygens (including phenoxy) is 1. The first-order valence-electron chi connectivity index (χ1n) is 6.91. The van der Waals surface area contributed by atoms with E-state index in [-0.39, 0.29) is 5.41 Å². The van der Waals surface area contributed by atoms with Crippen LogP contribution in [0.5, 0.6) is 0 Å². The maximum absolute atomic E-state index is 5.09. The Balaban J connectivity index is 2.35. The van der Waals surface area contributed by atoms with Crippen molar-refractivity contribution in [2.24, 2.45) is 0 Å². The lowest BCUT2D eigenvalue weighted by Gasteiger charge is -2.14. The van der Waals surface area contributed by atoms with Crippen LogP contribution in [0.1, 0.15) is 26.5 Å². The van der Waals surface area contributed by atoms with Crippen LogP contribution < -0.4 is 5.32 Å². The van der Waals surface area contributed by atoms with Crippen LogP contribution in [0.2, 0.25) is 0 Å². The SMILES string of the molecule is COCCNc1cc(C(C)(C)C)nn1-c1ccccc1. The second kappa shape index (κ2) is 6.09. The highest BCUT2D eigenvalue weighted by Gasteiger charge is 2.20. The lowest BCUT2D eigenvalue weighted by atomic mass is 9.92. The normalized spacial score (nSPS) is 11.6. The van der Waals surface area contributed by atoms with E-state index < -0.39 is 0 Å². The van der Waals surface area contributed by atoms with Crippen LogP contribution in [0.25, 0.3) is 5.69 Å². The summed E-state index contributed by atoms with van der Waals surface area (Å²) in [5, 5.41) is 8.12. The molecule has 0 amide bonds. The zero-order valence-corrected chi connectivity index (χ0v) is 12.7. The number of benzene rings is 1. The quantitative estimate of drug-likeness (QED) is 0.850. The number of para-hydroxylation sites is 1. The van der Waals surface area contributed by atoms with Gasteiger partial charge in [0, 0.05) is 25.1 Å². The van der Waals surface area contributed by atoms with Crippen molar-refractivity contribution in [3.05, 3.63) is 42.1 Å². The average molecular weight is 273 g/mol. The van der Waals surface area contributed by atoms with Gasteiger partial charge in [0.2, 0.25) is 0 Å². The Morgan fingerprint density at radius 3 is 2.50 bits per heavy atom. The van der Waals surface area contributed by atoms with E-state index in [4.69, 9.17) is 9.84 Å². The van der Waals surface area contributed by atoms with Gasteiger partial charge in [0.15, 0.2) is 0 Å². The number of nitrogens with zero attached hydrogens (tertiary/aromatic N) is 2. The third-order valence-corrected chi connectivity index (χ3v) is 3.09. The van der Waals surface area contributed by atoms with Crippen LogP contribution in [0, 0.1) is 0 Å². The molecule has 2 aromatic rings. The molecule has 20 heavy (non-hydrogen) atoms. The van der Waals surface area contributed by atoms with Gasteiger partial charge in [-0.2, -0.15) is 5.10 Å². The molecule has 108 valence electrons. The topological polar surface area (TPSA) is 39.1 Å². The minimum absolute atomic E-state index is 0.0255. The summed E-state index contributed by atoms with van der Waals surface area (Å²) in [4.78, 5) is 0. The van der Waals surface area contributed by atoms with Gasteiger partial charge in [0.1, 0.15) is 5.82 Å². The van der Waals surface area contributed by atoms with Crippen LogP contribution in [0.3, 0.4) is 0 Å². The summed E-state index contributed by atoms with van der Waals surface area (Å²) < 4.78 is 7.05. The van der Waals surface area contributed by atoms with E-state index in [2.05, 4.69) is 44.3 Å². The van der Waals surface area contributed by atoms with Gasteiger partial charge in [-0.15, -0.1) is 0 Å². The van der Waals surface area contributed by atoms with E-state index >= 15 is 0 Å². The van der Waals surface area contributed by atoms with E-state index in [9.17, 15) is 0 Å². The molecule has 1 heterocycles. The summed E-state index contributed by atoms with van der Waals surface area (Å²) in [5.74, 6) is 0.998. The summed E-state index contributed by atoms with van der Waals surface area (Å²) in [7, 11) is 1.71. The molecule has 0 aliphatic rings. The van der Waals surface area contributed by atoms with Crippen molar-refractivity contribution in [1.29, 1.82) is 0 Å². The van der Waals surface area contributed by atoms with E-state index in [1.54, 1.807) is 7.11 Å². The Morgan fingerprint density at radius 2 is 1.90 bits per heavy atom. The fraction of sp³-hybridized carbons (Fsp3) is 0.438. The molecule has 0 unspecified atom stereocenters. The van der Waals surface area contributed by atoms with Gasteiger partial charge in [-0.1, -0.05) is 39.0 Å². The first kappa shape index (κ1) is 14.6. The van der Waals surface area contributed by atoms with Crippen LogP contribution in [-0.2, 0) is 10.2 Å². The summed E-state index contributed by atoms with van der Waals surface area (Å²) >= 11 is 0. The maximum Gasteiger partial charge on any atom is 0.130 e. The first-order valence-corrected chi connectivity index (χ1v) is 6.91. The molecule has 0 fully saturated rings. The highest BCUT2D eigenvalue weighted by molar-refractivity contribution is 5.47. The summed E-state index contributed by atoms with van der Waals surface area (Å²) in [6, 6.07) is 12.3. The molecular weight excluding hydrogens is 250 g/mol. The molecule has 1 aromatic heterocycles. The molecule has 1 aromatic carbocycles. The van der Waals surface area contributed by atoms with Gasteiger partial charge in [-0.3, -0.25) is 0 Å². The Kier molecular flexibility index (Phi) is 4.45. The molecule has 0 aliphatic carbocycles.